The molecule has 0 spiro atoms. The number of nitrogens with one attached hydrogen (secondary N) is 1. The molecule has 0 amide bonds. The molecule has 0 aliphatic carbocycles. The van der Waals surface area contributed by atoms with Crippen LogP contribution in [-0.4, -0.2) is 58.2 Å². The number of aromatic nitrogens is 1. The van der Waals surface area contributed by atoms with Gasteiger partial charge < -0.3 is 15.0 Å². The van der Waals surface area contributed by atoms with Crippen LogP contribution in [0, 0.1) is 0 Å². The maximum atomic E-state index is 11.1. The van der Waals surface area contributed by atoms with E-state index in [9.17, 15) is 8.42 Å². The van der Waals surface area contributed by atoms with Crippen LogP contribution in [0.25, 0.3) is 0 Å². The average molecular weight is 313 g/mol. The summed E-state index contributed by atoms with van der Waals surface area (Å²) in [6, 6.07) is 1.97. The Morgan fingerprint density at radius 3 is 3.00 bits per heavy atom. The Morgan fingerprint density at radius 1 is 1.33 bits per heavy atom. The molecular weight excluding hydrogens is 290 g/mol. The number of anilines is 1. The zero-order valence-electron chi connectivity index (χ0n) is 12.4. The van der Waals surface area contributed by atoms with Crippen molar-refractivity contribution in [1.82, 2.24) is 10.3 Å². The minimum atomic E-state index is -2.92. The minimum Gasteiger partial charge on any atom is -0.492 e. The Labute approximate surface area is 126 Å². The molecule has 1 fully saturated rings. The number of pyridine rings is 1. The molecule has 1 aliphatic rings. The van der Waals surface area contributed by atoms with Gasteiger partial charge in [-0.3, -0.25) is 4.98 Å². The number of hydrogen-bond donors (Lipinski definition) is 1. The van der Waals surface area contributed by atoms with Crippen LogP contribution in [-0.2, 0) is 9.84 Å². The molecule has 21 heavy (non-hydrogen) atoms. The highest BCUT2D eigenvalue weighted by Crippen LogP contribution is 2.20. The van der Waals surface area contributed by atoms with Crippen molar-refractivity contribution >= 4 is 15.5 Å². The van der Waals surface area contributed by atoms with Crippen LogP contribution in [0.3, 0.4) is 0 Å². The number of nitrogens with zero attached hydrogens (tertiary/aromatic N) is 2. The van der Waals surface area contributed by atoms with E-state index in [2.05, 4.69) is 15.2 Å². The first-order valence-corrected chi connectivity index (χ1v) is 9.32. The van der Waals surface area contributed by atoms with Crippen molar-refractivity contribution < 1.29 is 13.2 Å². The van der Waals surface area contributed by atoms with E-state index in [4.69, 9.17) is 4.74 Å². The highest BCUT2D eigenvalue weighted by atomic mass is 32.2. The van der Waals surface area contributed by atoms with Crippen molar-refractivity contribution in [1.29, 1.82) is 0 Å². The molecule has 0 atom stereocenters. The molecular formula is C14H23N3O3S. The molecule has 0 bridgehead atoms. The highest BCUT2D eigenvalue weighted by Gasteiger charge is 2.10. The van der Waals surface area contributed by atoms with E-state index in [1.54, 1.807) is 6.20 Å². The number of sulfone groups is 1. The van der Waals surface area contributed by atoms with E-state index >= 15 is 0 Å². The Morgan fingerprint density at radius 2 is 2.19 bits per heavy atom. The van der Waals surface area contributed by atoms with E-state index < -0.39 is 9.84 Å². The number of rotatable bonds is 6. The Balaban J connectivity index is 1.88. The summed E-state index contributed by atoms with van der Waals surface area (Å²) in [6.45, 7) is 4.37. The summed E-state index contributed by atoms with van der Waals surface area (Å²) in [6.07, 6.45) is 6.35. The lowest BCUT2D eigenvalue weighted by Gasteiger charge is -2.22. The van der Waals surface area contributed by atoms with Gasteiger partial charge in [-0.2, -0.15) is 0 Å². The molecule has 0 unspecified atom stereocenters. The van der Waals surface area contributed by atoms with E-state index in [-0.39, 0.29) is 5.75 Å². The maximum Gasteiger partial charge on any atom is 0.147 e. The van der Waals surface area contributed by atoms with Crippen molar-refractivity contribution in [2.75, 3.05) is 49.7 Å². The second-order valence-corrected chi connectivity index (χ2v) is 7.56. The summed E-state index contributed by atoms with van der Waals surface area (Å²) in [5.74, 6) is 0.843. The van der Waals surface area contributed by atoms with Crippen LogP contribution in [0.2, 0.25) is 0 Å². The van der Waals surface area contributed by atoms with Gasteiger partial charge in [0, 0.05) is 32.0 Å². The van der Waals surface area contributed by atoms with Crippen molar-refractivity contribution in [2.24, 2.45) is 0 Å². The van der Waals surface area contributed by atoms with Crippen molar-refractivity contribution in [3.05, 3.63) is 18.5 Å². The first kappa shape index (κ1) is 16.0. The van der Waals surface area contributed by atoms with Crippen LogP contribution in [0.15, 0.2) is 18.5 Å². The van der Waals surface area contributed by atoms with Crippen LogP contribution < -0.4 is 15.0 Å². The van der Waals surface area contributed by atoms with Crippen LogP contribution in [0.1, 0.15) is 12.8 Å². The molecule has 0 radical (unpaired) electrons. The fourth-order valence-corrected chi connectivity index (χ4v) is 2.92. The average Bonchev–Trinajstić information content (AvgIpc) is 2.72. The molecule has 118 valence electrons. The number of ether oxygens (including phenoxy) is 1. The molecule has 1 aliphatic heterocycles. The van der Waals surface area contributed by atoms with Crippen molar-refractivity contribution in [3.63, 3.8) is 0 Å². The Kier molecular flexibility index (Phi) is 5.81. The second-order valence-electron chi connectivity index (χ2n) is 5.30. The van der Waals surface area contributed by atoms with Crippen LogP contribution in [0.4, 0.5) is 5.69 Å². The molecule has 1 saturated heterocycles. The van der Waals surface area contributed by atoms with Gasteiger partial charge in [-0.05, 0) is 19.4 Å². The molecule has 1 N–H and O–H groups in total. The number of hydrogen-bond acceptors (Lipinski definition) is 6. The van der Waals surface area contributed by atoms with Gasteiger partial charge in [0.1, 0.15) is 15.6 Å². The minimum absolute atomic E-state index is 0.151. The van der Waals surface area contributed by atoms with Gasteiger partial charge in [0.2, 0.25) is 0 Å². The SMILES string of the molecule is CS(=O)(=O)CCCOc1cncc(N2CCCNCC2)c1. The van der Waals surface area contributed by atoms with Gasteiger partial charge in [0.05, 0.1) is 30.4 Å². The third kappa shape index (κ3) is 5.89. The molecule has 2 heterocycles. The third-order valence-electron chi connectivity index (χ3n) is 3.33. The molecule has 1 aromatic heterocycles. The zero-order chi connectivity index (χ0) is 15.1. The fourth-order valence-electron chi connectivity index (χ4n) is 2.27. The van der Waals surface area contributed by atoms with Crippen LogP contribution >= 0.6 is 0 Å². The quantitative estimate of drug-likeness (QED) is 0.779. The summed E-state index contributed by atoms with van der Waals surface area (Å²) >= 11 is 0. The fraction of sp³-hybridized carbons (Fsp3) is 0.643. The van der Waals surface area contributed by atoms with Crippen LogP contribution in [0.5, 0.6) is 5.75 Å². The lowest BCUT2D eigenvalue weighted by atomic mass is 10.3. The zero-order valence-corrected chi connectivity index (χ0v) is 13.2. The lowest BCUT2D eigenvalue weighted by Crippen LogP contribution is -2.27. The molecule has 0 saturated carbocycles. The predicted octanol–water partition coefficient (Wildman–Crippen LogP) is 0.695. The Bertz CT molecular complexity index is 540. The maximum absolute atomic E-state index is 11.1. The van der Waals surface area contributed by atoms with Gasteiger partial charge in [0.25, 0.3) is 0 Å². The summed E-state index contributed by atoms with van der Waals surface area (Å²) in [4.78, 5) is 6.50. The van der Waals surface area contributed by atoms with E-state index in [1.807, 2.05) is 12.3 Å². The van der Waals surface area contributed by atoms with Gasteiger partial charge >= 0.3 is 0 Å². The van der Waals surface area contributed by atoms with Crippen molar-refractivity contribution in [2.45, 2.75) is 12.8 Å². The van der Waals surface area contributed by atoms with Gasteiger partial charge in [-0.15, -0.1) is 0 Å². The second kappa shape index (κ2) is 7.61. The van der Waals surface area contributed by atoms with E-state index in [0.29, 0.717) is 18.8 Å². The first-order valence-electron chi connectivity index (χ1n) is 7.26. The topological polar surface area (TPSA) is 71.5 Å². The smallest absolute Gasteiger partial charge is 0.147 e. The summed E-state index contributed by atoms with van der Waals surface area (Å²) < 4.78 is 27.7. The van der Waals surface area contributed by atoms with E-state index in [1.165, 1.54) is 6.26 Å². The standard InChI is InChI=1S/C14H23N3O3S/c1-21(18,19)9-3-8-20-14-10-13(11-16-12-14)17-6-2-4-15-5-7-17/h10-12,15H,2-9H2,1H3. The highest BCUT2D eigenvalue weighted by molar-refractivity contribution is 7.90. The third-order valence-corrected chi connectivity index (χ3v) is 4.36. The van der Waals surface area contributed by atoms with Gasteiger partial charge in [0.15, 0.2) is 0 Å². The normalized spacial score (nSPS) is 16.5. The molecule has 1 aromatic rings. The summed E-state index contributed by atoms with van der Waals surface area (Å²) in [5, 5.41) is 3.37. The lowest BCUT2D eigenvalue weighted by molar-refractivity contribution is 0.316. The first-order chi connectivity index (χ1) is 10.0. The van der Waals surface area contributed by atoms with Gasteiger partial charge in [-0.1, -0.05) is 0 Å². The largest absolute Gasteiger partial charge is 0.492 e. The van der Waals surface area contributed by atoms with Crippen molar-refractivity contribution in [3.8, 4) is 5.75 Å². The Hall–Kier alpha value is -1.34. The van der Waals surface area contributed by atoms with E-state index in [0.717, 1.165) is 38.3 Å². The van der Waals surface area contributed by atoms with Gasteiger partial charge in [-0.25, -0.2) is 8.42 Å². The molecule has 6 nitrogen and oxygen atoms in total. The monoisotopic (exact) mass is 313 g/mol. The molecule has 7 heteroatoms. The molecule has 2 rings (SSSR count). The summed E-state index contributed by atoms with van der Waals surface area (Å²) in [7, 11) is -2.92. The predicted molar refractivity (Wildman–Crippen MR) is 83.8 cm³/mol. The summed E-state index contributed by atoms with van der Waals surface area (Å²) in [5.41, 5.74) is 1.05. The molecule has 0 aromatic carbocycles.